The highest BCUT2D eigenvalue weighted by Crippen LogP contribution is 2.17. The molecule has 1 aliphatic heterocycles. The van der Waals surface area contributed by atoms with Crippen LogP contribution in [0.4, 0.5) is 4.79 Å². The summed E-state index contributed by atoms with van der Waals surface area (Å²) in [6.07, 6.45) is 3.78. The Morgan fingerprint density at radius 1 is 1.43 bits per heavy atom. The Morgan fingerprint density at radius 3 is 2.83 bits per heavy atom. The molecule has 23 heavy (non-hydrogen) atoms. The molecule has 2 rings (SSSR count). The maximum Gasteiger partial charge on any atom is 0.411 e. The van der Waals surface area contributed by atoms with Crippen molar-refractivity contribution >= 4 is 11.9 Å². The van der Waals surface area contributed by atoms with E-state index >= 15 is 0 Å². The van der Waals surface area contributed by atoms with Gasteiger partial charge in [0.15, 0.2) is 5.82 Å². The van der Waals surface area contributed by atoms with Gasteiger partial charge < -0.3 is 14.0 Å². The van der Waals surface area contributed by atoms with Crippen molar-refractivity contribution in [2.24, 2.45) is 0 Å². The molecule has 0 spiro atoms. The first-order valence-electron chi connectivity index (χ1n) is 7.96. The molecular formula is C16H25N3O4. The first-order valence-corrected chi connectivity index (χ1v) is 7.96. The molecule has 0 saturated carbocycles. The molecular weight excluding hydrogens is 298 g/mol. The van der Waals surface area contributed by atoms with E-state index in [0.29, 0.717) is 25.5 Å². The van der Waals surface area contributed by atoms with Crippen molar-refractivity contribution in [3.63, 3.8) is 0 Å². The van der Waals surface area contributed by atoms with E-state index in [2.05, 4.69) is 4.98 Å². The summed E-state index contributed by atoms with van der Waals surface area (Å²) < 4.78 is 12.6. The van der Waals surface area contributed by atoms with Gasteiger partial charge in [0.25, 0.3) is 0 Å². The lowest BCUT2D eigenvalue weighted by atomic mass is 10.1. The third-order valence-electron chi connectivity index (χ3n) is 3.46. The molecule has 1 saturated heterocycles. The van der Waals surface area contributed by atoms with Crippen LogP contribution in [0.15, 0.2) is 12.4 Å². The number of aryl methyl sites for hydroxylation is 1. The lowest BCUT2D eigenvalue weighted by Gasteiger charge is -2.35. The van der Waals surface area contributed by atoms with E-state index in [1.54, 1.807) is 33.2 Å². The number of imidazole rings is 1. The predicted octanol–water partition coefficient (Wildman–Crippen LogP) is 2.11. The predicted molar refractivity (Wildman–Crippen MR) is 84.4 cm³/mol. The zero-order chi connectivity index (χ0) is 17.0. The molecule has 1 unspecified atom stereocenters. The highest BCUT2D eigenvalue weighted by molar-refractivity contribution is 5.99. The van der Waals surface area contributed by atoms with Crippen LogP contribution in [0, 0.1) is 0 Å². The first kappa shape index (κ1) is 17.5. The van der Waals surface area contributed by atoms with E-state index in [0.717, 1.165) is 6.42 Å². The van der Waals surface area contributed by atoms with Crippen molar-refractivity contribution in [1.29, 1.82) is 0 Å². The largest absolute Gasteiger partial charge is 0.444 e. The Bertz CT molecular complexity index is 562. The summed E-state index contributed by atoms with van der Waals surface area (Å²) in [5.41, 5.74) is -0.607. The molecule has 1 atom stereocenters. The number of Topliss-reactive ketones (excluding diaryl/α,β-unsaturated/α-hetero) is 1. The molecule has 128 valence electrons. The number of aromatic nitrogens is 2. The number of nitrogens with zero attached hydrogens (tertiary/aromatic N) is 3. The molecule has 1 aromatic heterocycles. The van der Waals surface area contributed by atoms with E-state index < -0.39 is 17.7 Å². The van der Waals surface area contributed by atoms with Gasteiger partial charge in [-0.2, -0.15) is 0 Å². The second kappa shape index (κ2) is 7.12. The van der Waals surface area contributed by atoms with Gasteiger partial charge in [-0.1, -0.05) is 6.92 Å². The molecule has 0 radical (unpaired) electrons. The molecule has 0 aliphatic carbocycles. The van der Waals surface area contributed by atoms with Crippen LogP contribution in [0.1, 0.15) is 44.7 Å². The number of carbonyl (C=O) groups excluding carboxylic acids is 2. The summed E-state index contributed by atoms with van der Waals surface area (Å²) in [7, 11) is 0. The van der Waals surface area contributed by atoms with Crippen LogP contribution in [-0.2, 0) is 16.0 Å². The van der Waals surface area contributed by atoms with Crippen LogP contribution in [-0.4, -0.2) is 57.7 Å². The Hall–Kier alpha value is -1.89. The summed E-state index contributed by atoms with van der Waals surface area (Å²) in [5, 5.41) is 0. The van der Waals surface area contributed by atoms with Crippen molar-refractivity contribution in [3.8, 4) is 0 Å². The second-order valence-corrected chi connectivity index (χ2v) is 6.57. The SMILES string of the molecule is CCCn1ccnc1C(=O)C1COCCN1C(=O)OC(C)(C)C. The van der Waals surface area contributed by atoms with Crippen molar-refractivity contribution in [1.82, 2.24) is 14.5 Å². The van der Waals surface area contributed by atoms with Gasteiger partial charge in [0.1, 0.15) is 11.6 Å². The minimum absolute atomic E-state index is 0.164. The summed E-state index contributed by atoms with van der Waals surface area (Å²) in [6, 6.07) is -0.698. The third-order valence-corrected chi connectivity index (χ3v) is 3.46. The van der Waals surface area contributed by atoms with E-state index in [1.165, 1.54) is 4.90 Å². The maximum absolute atomic E-state index is 12.8. The molecule has 1 amide bonds. The van der Waals surface area contributed by atoms with Crippen LogP contribution < -0.4 is 0 Å². The quantitative estimate of drug-likeness (QED) is 0.794. The Morgan fingerprint density at radius 2 is 2.17 bits per heavy atom. The van der Waals surface area contributed by atoms with Gasteiger partial charge in [-0.05, 0) is 27.2 Å². The van der Waals surface area contributed by atoms with E-state index in [9.17, 15) is 9.59 Å². The average Bonchev–Trinajstić information content (AvgIpc) is 2.93. The lowest BCUT2D eigenvalue weighted by molar-refractivity contribution is -0.0268. The van der Waals surface area contributed by atoms with Crippen LogP contribution in [0.25, 0.3) is 0 Å². The minimum atomic E-state index is -0.698. The van der Waals surface area contributed by atoms with Crippen molar-refractivity contribution in [2.75, 3.05) is 19.8 Å². The van der Waals surface area contributed by atoms with E-state index in [-0.39, 0.29) is 12.4 Å². The fourth-order valence-corrected chi connectivity index (χ4v) is 2.46. The van der Waals surface area contributed by atoms with Gasteiger partial charge in [-0.3, -0.25) is 9.69 Å². The van der Waals surface area contributed by atoms with Gasteiger partial charge in [-0.25, -0.2) is 9.78 Å². The van der Waals surface area contributed by atoms with E-state index in [4.69, 9.17) is 9.47 Å². The number of morpholine rings is 1. The molecule has 1 aliphatic rings. The summed E-state index contributed by atoms with van der Waals surface area (Å²) in [5.74, 6) is 0.143. The Kier molecular flexibility index (Phi) is 5.41. The molecule has 2 heterocycles. The summed E-state index contributed by atoms with van der Waals surface area (Å²) >= 11 is 0. The molecule has 0 aromatic carbocycles. The molecule has 0 N–H and O–H groups in total. The smallest absolute Gasteiger partial charge is 0.411 e. The topological polar surface area (TPSA) is 73.7 Å². The highest BCUT2D eigenvalue weighted by Gasteiger charge is 2.37. The number of amides is 1. The lowest BCUT2D eigenvalue weighted by Crippen LogP contribution is -2.54. The van der Waals surface area contributed by atoms with Gasteiger partial charge in [0.2, 0.25) is 5.78 Å². The first-order chi connectivity index (χ1) is 10.8. The minimum Gasteiger partial charge on any atom is -0.444 e. The number of carbonyl (C=O) groups is 2. The molecule has 1 fully saturated rings. The van der Waals surface area contributed by atoms with Crippen LogP contribution in [0.3, 0.4) is 0 Å². The highest BCUT2D eigenvalue weighted by atomic mass is 16.6. The van der Waals surface area contributed by atoms with Crippen molar-refractivity contribution in [2.45, 2.75) is 52.3 Å². The zero-order valence-corrected chi connectivity index (χ0v) is 14.2. The summed E-state index contributed by atoms with van der Waals surface area (Å²) in [4.78, 5) is 30.8. The van der Waals surface area contributed by atoms with Crippen LogP contribution in [0.2, 0.25) is 0 Å². The second-order valence-electron chi connectivity index (χ2n) is 6.57. The van der Waals surface area contributed by atoms with Gasteiger partial charge >= 0.3 is 6.09 Å². The number of hydrogen-bond donors (Lipinski definition) is 0. The van der Waals surface area contributed by atoms with Gasteiger partial charge in [0, 0.05) is 25.5 Å². The van der Waals surface area contributed by atoms with Crippen molar-refractivity contribution < 1.29 is 19.1 Å². The molecule has 1 aromatic rings. The van der Waals surface area contributed by atoms with Crippen LogP contribution in [0.5, 0.6) is 0 Å². The number of hydrogen-bond acceptors (Lipinski definition) is 5. The molecule has 7 heteroatoms. The van der Waals surface area contributed by atoms with E-state index in [1.807, 2.05) is 11.5 Å². The Balaban J connectivity index is 2.18. The Labute approximate surface area is 136 Å². The summed E-state index contributed by atoms with van der Waals surface area (Å²) in [6.45, 7) is 9.04. The number of ketones is 1. The normalized spacial score (nSPS) is 18.8. The monoisotopic (exact) mass is 323 g/mol. The fourth-order valence-electron chi connectivity index (χ4n) is 2.46. The van der Waals surface area contributed by atoms with Crippen molar-refractivity contribution in [3.05, 3.63) is 18.2 Å². The van der Waals surface area contributed by atoms with Gasteiger partial charge in [0.05, 0.1) is 13.2 Å². The van der Waals surface area contributed by atoms with Crippen LogP contribution >= 0.6 is 0 Å². The average molecular weight is 323 g/mol. The van der Waals surface area contributed by atoms with Gasteiger partial charge in [-0.15, -0.1) is 0 Å². The molecule has 7 nitrogen and oxygen atoms in total. The zero-order valence-electron chi connectivity index (χ0n) is 14.2. The maximum atomic E-state index is 12.8. The fraction of sp³-hybridized carbons (Fsp3) is 0.688. The third kappa shape index (κ3) is 4.31. The standard InChI is InChI=1S/C16H25N3O4/c1-5-7-18-8-6-17-14(18)13(20)12-11-22-10-9-19(12)15(21)23-16(2,3)4/h6,8,12H,5,7,9-11H2,1-4H3. The number of rotatable bonds is 4. The molecule has 0 bridgehead atoms. The number of ether oxygens (including phenoxy) is 2.